The molecule has 1 unspecified atom stereocenters. The maximum Gasteiger partial charge on any atom is 0.220 e. The minimum atomic E-state index is 0.188. The van der Waals surface area contributed by atoms with Crippen LogP contribution in [-0.4, -0.2) is 50.7 Å². The molecule has 0 aliphatic carbocycles. The van der Waals surface area contributed by atoms with Crippen LogP contribution in [-0.2, 0) is 9.53 Å². The minimum absolute atomic E-state index is 0.188. The van der Waals surface area contributed by atoms with Crippen LogP contribution in [0, 0.1) is 11.8 Å². The molecule has 2 heterocycles. The summed E-state index contributed by atoms with van der Waals surface area (Å²) < 4.78 is 5.41. The number of ether oxygens (including phenoxy) is 1. The van der Waals surface area contributed by atoms with Gasteiger partial charge in [-0.05, 0) is 44.2 Å². The SMILES string of the molecule is CNC(=O)CC1CCN(CC2CCOC2)CC1. The monoisotopic (exact) mass is 240 g/mol. The lowest BCUT2D eigenvalue weighted by atomic mass is 9.92. The van der Waals surface area contributed by atoms with E-state index in [1.165, 1.54) is 25.8 Å². The standard InChI is InChI=1S/C13H24N2O2/c1-14-13(16)8-11-2-5-15(6-3-11)9-12-4-7-17-10-12/h11-12H,2-10H2,1H3,(H,14,16). The molecule has 2 aliphatic rings. The Bertz CT molecular complexity index is 244. The van der Waals surface area contributed by atoms with Crippen LogP contribution in [0.4, 0.5) is 0 Å². The molecule has 17 heavy (non-hydrogen) atoms. The van der Waals surface area contributed by atoms with Gasteiger partial charge in [-0.1, -0.05) is 0 Å². The molecule has 2 rings (SSSR count). The van der Waals surface area contributed by atoms with Crippen LogP contribution in [0.25, 0.3) is 0 Å². The van der Waals surface area contributed by atoms with Gasteiger partial charge in [0.25, 0.3) is 0 Å². The summed E-state index contributed by atoms with van der Waals surface area (Å²) in [6.07, 6.45) is 4.26. The van der Waals surface area contributed by atoms with Gasteiger partial charge in [-0.2, -0.15) is 0 Å². The summed E-state index contributed by atoms with van der Waals surface area (Å²) in [5.41, 5.74) is 0. The Labute approximate surface area is 104 Å². The lowest BCUT2D eigenvalue weighted by Crippen LogP contribution is -2.38. The van der Waals surface area contributed by atoms with E-state index in [0.717, 1.165) is 32.2 Å². The van der Waals surface area contributed by atoms with E-state index < -0.39 is 0 Å². The van der Waals surface area contributed by atoms with Crippen LogP contribution in [0.3, 0.4) is 0 Å². The Kier molecular flexibility index (Phi) is 4.80. The molecule has 2 aliphatic heterocycles. The van der Waals surface area contributed by atoms with Crippen LogP contribution in [0.15, 0.2) is 0 Å². The smallest absolute Gasteiger partial charge is 0.220 e. The van der Waals surface area contributed by atoms with E-state index in [1.807, 2.05) is 0 Å². The van der Waals surface area contributed by atoms with Crippen molar-refractivity contribution in [3.05, 3.63) is 0 Å². The van der Waals surface area contributed by atoms with Crippen molar-refractivity contribution in [3.8, 4) is 0 Å². The summed E-state index contributed by atoms with van der Waals surface area (Å²) in [4.78, 5) is 13.8. The first-order valence-corrected chi connectivity index (χ1v) is 6.78. The van der Waals surface area contributed by atoms with Crippen molar-refractivity contribution in [2.75, 3.05) is 39.9 Å². The zero-order valence-corrected chi connectivity index (χ0v) is 10.8. The highest BCUT2D eigenvalue weighted by molar-refractivity contribution is 5.75. The van der Waals surface area contributed by atoms with E-state index >= 15 is 0 Å². The first kappa shape index (κ1) is 12.8. The lowest BCUT2D eigenvalue weighted by Gasteiger charge is -2.32. The maximum atomic E-state index is 11.3. The van der Waals surface area contributed by atoms with Crippen LogP contribution >= 0.6 is 0 Å². The number of hydrogen-bond donors (Lipinski definition) is 1. The van der Waals surface area contributed by atoms with Gasteiger partial charge in [0.15, 0.2) is 0 Å². The van der Waals surface area contributed by atoms with E-state index in [1.54, 1.807) is 7.05 Å². The van der Waals surface area contributed by atoms with Crippen molar-refractivity contribution in [3.63, 3.8) is 0 Å². The van der Waals surface area contributed by atoms with Gasteiger partial charge in [-0.25, -0.2) is 0 Å². The third kappa shape index (κ3) is 3.96. The first-order chi connectivity index (χ1) is 8.28. The molecule has 0 aromatic heterocycles. The fraction of sp³-hybridized carbons (Fsp3) is 0.923. The van der Waals surface area contributed by atoms with Gasteiger partial charge in [0, 0.05) is 26.6 Å². The normalized spacial score (nSPS) is 27.2. The van der Waals surface area contributed by atoms with Gasteiger partial charge >= 0.3 is 0 Å². The van der Waals surface area contributed by atoms with Crippen LogP contribution in [0.5, 0.6) is 0 Å². The number of nitrogens with one attached hydrogen (secondary N) is 1. The first-order valence-electron chi connectivity index (χ1n) is 6.78. The van der Waals surface area contributed by atoms with Crippen molar-refractivity contribution >= 4 is 5.91 Å². The Balaban J connectivity index is 1.65. The third-order valence-electron chi connectivity index (χ3n) is 4.00. The summed E-state index contributed by atoms with van der Waals surface area (Å²) in [6, 6.07) is 0. The predicted octanol–water partition coefficient (Wildman–Crippen LogP) is 0.871. The molecule has 0 spiro atoms. The Morgan fingerprint density at radius 2 is 2.06 bits per heavy atom. The van der Waals surface area contributed by atoms with Crippen LogP contribution < -0.4 is 5.32 Å². The molecule has 0 saturated carbocycles. The van der Waals surface area contributed by atoms with Crippen molar-refractivity contribution in [1.82, 2.24) is 10.2 Å². The molecule has 0 aromatic rings. The van der Waals surface area contributed by atoms with Crippen LogP contribution in [0.1, 0.15) is 25.7 Å². The Morgan fingerprint density at radius 1 is 1.29 bits per heavy atom. The molecular weight excluding hydrogens is 216 g/mol. The predicted molar refractivity (Wildman–Crippen MR) is 66.8 cm³/mol. The van der Waals surface area contributed by atoms with E-state index in [9.17, 15) is 4.79 Å². The van der Waals surface area contributed by atoms with E-state index in [4.69, 9.17) is 4.74 Å². The van der Waals surface area contributed by atoms with Crippen molar-refractivity contribution < 1.29 is 9.53 Å². The number of carbonyl (C=O) groups excluding carboxylic acids is 1. The Morgan fingerprint density at radius 3 is 2.65 bits per heavy atom. The average Bonchev–Trinajstić information content (AvgIpc) is 2.84. The van der Waals surface area contributed by atoms with E-state index in [2.05, 4.69) is 10.2 Å². The number of amides is 1. The van der Waals surface area contributed by atoms with Gasteiger partial charge in [-0.3, -0.25) is 4.79 Å². The van der Waals surface area contributed by atoms with Gasteiger partial charge in [-0.15, -0.1) is 0 Å². The summed E-state index contributed by atoms with van der Waals surface area (Å²) in [5.74, 6) is 1.52. The fourth-order valence-corrected chi connectivity index (χ4v) is 2.83. The van der Waals surface area contributed by atoms with Crippen molar-refractivity contribution in [2.45, 2.75) is 25.7 Å². The highest BCUT2D eigenvalue weighted by Crippen LogP contribution is 2.22. The van der Waals surface area contributed by atoms with E-state index in [0.29, 0.717) is 12.3 Å². The number of likely N-dealkylation sites (tertiary alicyclic amines) is 1. The highest BCUT2D eigenvalue weighted by Gasteiger charge is 2.24. The summed E-state index contributed by atoms with van der Waals surface area (Å²) in [5, 5.41) is 2.71. The molecule has 2 saturated heterocycles. The molecule has 0 bridgehead atoms. The summed E-state index contributed by atoms with van der Waals surface area (Å²) >= 11 is 0. The van der Waals surface area contributed by atoms with Gasteiger partial charge in [0.05, 0.1) is 6.61 Å². The largest absolute Gasteiger partial charge is 0.381 e. The highest BCUT2D eigenvalue weighted by atomic mass is 16.5. The number of hydrogen-bond acceptors (Lipinski definition) is 3. The van der Waals surface area contributed by atoms with Crippen LogP contribution in [0.2, 0.25) is 0 Å². The van der Waals surface area contributed by atoms with Gasteiger partial charge in [0.2, 0.25) is 5.91 Å². The molecule has 4 nitrogen and oxygen atoms in total. The molecule has 0 radical (unpaired) electrons. The Hall–Kier alpha value is -0.610. The zero-order chi connectivity index (χ0) is 12.1. The molecule has 2 fully saturated rings. The quantitative estimate of drug-likeness (QED) is 0.793. The van der Waals surface area contributed by atoms with Gasteiger partial charge < -0.3 is 15.0 Å². The number of carbonyl (C=O) groups is 1. The third-order valence-corrected chi connectivity index (χ3v) is 4.00. The minimum Gasteiger partial charge on any atom is -0.381 e. The molecule has 0 aromatic carbocycles. The maximum absolute atomic E-state index is 11.3. The number of nitrogens with zero attached hydrogens (tertiary/aromatic N) is 1. The van der Waals surface area contributed by atoms with Crippen molar-refractivity contribution in [1.29, 1.82) is 0 Å². The summed E-state index contributed by atoms with van der Waals surface area (Å²) in [6.45, 7) is 5.37. The second-order valence-electron chi connectivity index (χ2n) is 5.35. The molecule has 1 N–H and O–H groups in total. The summed E-state index contributed by atoms with van der Waals surface area (Å²) in [7, 11) is 1.72. The van der Waals surface area contributed by atoms with Gasteiger partial charge in [0.1, 0.15) is 0 Å². The molecular formula is C13H24N2O2. The zero-order valence-electron chi connectivity index (χ0n) is 10.8. The molecule has 98 valence electrons. The second kappa shape index (κ2) is 6.36. The molecule has 1 amide bonds. The number of rotatable bonds is 4. The topological polar surface area (TPSA) is 41.6 Å². The average molecular weight is 240 g/mol. The molecule has 4 heteroatoms. The number of piperidine rings is 1. The van der Waals surface area contributed by atoms with E-state index in [-0.39, 0.29) is 5.91 Å². The fourth-order valence-electron chi connectivity index (χ4n) is 2.83. The van der Waals surface area contributed by atoms with Crippen molar-refractivity contribution in [2.24, 2.45) is 11.8 Å². The second-order valence-corrected chi connectivity index (χ2v) is 5.35. The lowest BCUT2D eigenvalue weighted by molar-refractivity contribution is -0.121. The molecule has 1 atom stereocenters.